The summed E-state index contributed by atoms with van der Waals surface area (Å²) in [5.74, 6) is 0.0346. The zero-order chi connectivity index (χ0) is 16.9. The standard InChI is InChI=1S/C20H20FNO2/c1-2-7-19(23)16-14-22(18-10-5-3-8-15(16)18)12-13-24-20-11-6-4-9-17(20)21/h3-6,8-11,14H,2,7,12-13H2,1H3. The fraction of sp³-hybridized carbons (Fsp3) is 0.250. The zero-order valence-corrected chi connectivity index (χ0v) is 13.7. The minimum Gasteiger partial charge on any atom is -0.489 e. The molecule has 24 heavy (non-hydrogen) atoms. The number of rotatable bonds is 7. The van der Waals surface area contributed by atoms with E-state index in [1.165, 1.54) is 6.07 Å². The molecular weight excluding hydrogens is 305 g/mol. The zero-order valence-electron chi connectivity index (χ0n) is 13.7. The predicted octanol–water partition coefficient (Wildman–Crippen LogP) is 4.84. The van der Waals surface area contributed by atoms with E-state index in [1.54, 1.807) is 18.2 Å². The van der Waals surface area contributed by atoms with Crippen molar-refractivity contribution in [2.75, 3.05) is 6.61 Å². The van der Waals surface area contributed by atoms with E-state index >= 15 is 0 Å². The molecule has 0 atom stereocenters. The van der Waals surface area contributed by atoms with Gasteiger partial charge in [0, 0.05) is 29.1 Å². The number of Topliss-reactive ketones (excluding diaryl/α,β-unsaturated/α-hetero) is 1. The number of hydrogen-bond acceptors (Lipinski definition) is 2. The van der Waals surface area contributed by atoms with E-state index in [-0.39, 0.29) is 17.3 Å². The Morgan fingerprint density at radius 2 is 1.88 bits per heavy atom. The molecule has 0 amide bonds. The minimum atomic E-state index is -0.367. The molecule has 4 heteroatoms. The Balaban J connectivity index is 1.79. The molecule has 0 bridgehead atoms. The molecule has 1 aromatic heterocycles. The minimum absolute atomic E-state index is 0.155. The Labute approximate surface area is 140 Å². The fourth-order valence-electron chi connectivity index (χ4n) is 2.83. The van der Waals surface area contributed by atoms with Gasteiger partial charge in [-0.2, -0.15) is 0 Å². The molecule has 3 nitrogen and oxygen atoms in total. The van der Waals surface area contributed by atoms with E-state index in [1.807, 2.05) is 42.0 Å². The van der Waals surface area contributed by atoms with E-state index < -0.39 is 0 Å². The van der Waals surface area contributed by atoms with Crippen LogP contribution in [0.2, 0.25) is 0 Å². The maximum absolute atomic E-state index is 13.6. The van der Waals surface area contributed by atoms with Gasteiger partial charge in [-0.25, -0.2) is 4.39 Å². The molecule has 0 N–H and O–H groups in total. The fourth-order valence-corrected chi connectivity index (χ4v) is 2.83. The summed E-state index contributed by atoms with van der Waals surface area (Å²) in [7, 11) is 0. The topological polar surface area (TPSA) is 31.2 Å². The van der Waals surface area contributed by atoms with E-state index in [0.29, 0.717) is 19.6 Å². The van der Waals surface area contributed by atoms with E-state index in [2.05, 4.69) is 0 Å². The highest BCUT2D eigenvalue weighted by molar-refractivity contribution is 6.08. The van der Waals surface area contributed by atoms with Crippen molar-refractivity contribution in [1.29, 1.82) is 0 Å². The average Bonchev–Trinajstić information content (AvgIpc) is 2.96. The van der Waals surface area contributed by atoms with Crippen LogP contribution < -0.4 is 4.74 Å². The molecule has 0 unspecified atom stereocenters. The summed E-state index contributed by atoms with van der Waals surface area (Å²) in [6.07, 6.45) is 3.25. The van der Waals surface area contributed by atoms with Gasteiger partial charge in [0.1, 0.15) is 6.61 Å². The molecule has 2 aromatic carbocycles. The molecule has 3 aromatic rings. The van der Waals surface area contributed by atoms with E-state index in [9.17, 15) is 9.18 Å². The highest BCUT2D eigenvalue weighted by Crippen LogP contribution is 2.23. The van der Waals surface area contributed by atoms with Crippen LogP contribution in [0.4, 0.5) is 4.39 Å². The number of ketones is 1. The van der Waals surface area contributed by atoms with Crippen molar-refractivity contribution < 1.29 is 13.9 Å². The van der Waals surface area contributed by atoms with Crippen LogP contribution in [0.1, 0.15) is 30.1 Å². The predicted molar refractivity (Wildman–Crippen MR) is 93.1 cm³/mol. The van der Waals surface area contributed by atoms with Gasteiger partial charge < -0.3 is 9.30 Å². The molecule has 0 aliphatic rings. The van der Waals surface area contributed by atoms with Gasteiger partial charge in [-0.1, -0.05) is 37.3 Å². The molecule has 124 valence electrons. The van der Waals surface area contributed by atoms with Gasteiger partial charge in [-0.15, -0.1) is 0 Å². The monoisotopic (exact) mass is 325 g/mol. The number of halogens is 1. The lowest BCUT2D eigenvalue weighted by atomic mass is 10.1. The number of hydrogen-bond donors (Lipinski definition) is 0. The maximum Gasteiger partial charge on any atom is 0.165 e. The molecule has 0 aliphatic heterocycles. The molecule has 1 heterocycles. The Kier molecular flexibility index (Phi) is 4.94. The Bertz CT molecular complexity index is 854. The van der Waals surface area contributed by atoms with Crippen LogP contribution >= 0.6 is 0 Å². The first-order chi connectivity index (χ1) is 11.7. The van der Waals surface area contributed by atoms with Crippen LogP contribution in [0, 0.1) is 5.82 Å². The van der Waals surface area contributed by atoms with Crippen molar-refractivity contribution in [3.8, 4) is 5.75 Å². The van der Waals surface area contributed by atoms with Gasteiger partial charge >= 0.3 is 0 Å². The summed E-state index contributed by atoms with van der Waals surface area (Å²) in [6.45, 7) is 2.88. The smallest absolute Gasteiger partial charge is 0.165 e. The summed E-state index contributed by atoms with van der Waals surface area (Å²) in [5.41, 5.74) is 1.74. The lowest BCUT2D eigenvalue weighted by Gasteiger charge is -2.08. The number of ether oxygens (including phenoxy) is 1. The molecule has 0 spiro atoms. The number of nitrogens with zero attached hydrogens (tertiary/aromatic N) is 1. The normalized spacial score (nSPS) is 10.9. The van der Waals surface area contributed by atoms with Gasteiger partial charge in [0.05, 0.1) is 6.54 Å². The molecular formula is C20H20FNO2. The third kappa shape index (κ3) is 3.32. The van der Waals surface area contributed by atoms with E-state index in [4.69, 9.17) is 4.74 Å². The lowest BCUT2D eigenvalue weighted by molar-refractivity contribution is 0.0983. The number of fused-ring (bicyclic) bond motifs is 1. The third-order valence-electron chi connectivity index (χ3n) is 3.99. The average molecular weight is 325 g/mol. The van der Waals surface area contributed by atoms with Crippen LogP contribution in [-0.4, -0.2) is 17.0 Å². The first-order valence-corrected chi connectivity index (χ1v) is 8.19. The number of carbonyl (C=O) groups excluding carboxylic acids is 1. The third-order valence-corrected chi connectivity index (χ3v) is 3.99. The summed E-state index contributed by atoms with van der Waals surface area (Å²) >= 11 is 0. The van der Waals surface area contributed by atoms with Gasteiger partial charge in [0.15, 0.2) is 17.3 Å². The second kappa shape index (κ2) is 7.30. The Hall–Kier alpha value is -2.62. The van der Waals surface area contributed by atoms with Crippen molar-refractivity contribution in [1.82, 2.24) is 4.57 Å². The second-order valence-corrected chi connectivity index (χ2v) is 5.71. The number of aromatic nitrogens is 1. The van der Waals surface area contributed by atoms with Crippen molar-refractivity contribution in [2.45, 2.75) is 26.3 Å². The van der Waals surface area contributed by atoms with Crippen LogP contribution in [0.15, 0.2) is 54.7 Å². The number of carbonyl (C=O) groups is 1. The quantitative estimate of drug-likeness (QED) is 0.582. The molecule has 3 rings (SSSR count). The Morgan fingerprint density at radius 3 is 2.67 bits per heavy atom. The van der Waals surface area contributed by atoms with Gasteiger partial charge in [0.25, 0.3) is 0 Å². The molecule has 0 radical (unpaired) electrons. The highest BCUT2D eigenvalue weighted by Gasteiger charge is 2.14. The first kappa shape index (κ1) is 16.2. The van der Waals surface area contributed by atoms with Crippen molar-refractivity contribution >= 4 is 16.7 Å². The highest BCUT2D eigenvalue weighted by atomic mass is 19.1. The summed E-state index contributed by atoms with van der Waals surface area (Å²) in [4.78, 5) is 12.3. The SMILES string of the molecule is CCCC(=O)c1cn(CCOc2ccccc2F)c2ccccc12. The van der Waals surface area contributed by atoms with Gasteiger partial charge in [-0.3, -0.25) is 4.79 Å². The van der Waals surface area contributed by atoms with Crippen molar-refractivity contribution in [3.05, 3.63) is 66.1 Å². The van der Waals surface area contributed by atoms with Gasteiger partial charge in [-0.05, 0) is 24.6 Å². The molecule has 0 saturated carbocycles. The summed E-state index contributed by atoms with van der Waals surface area (Å²) in [6, 6.07) is 14.2. The maximum atomic E-state index is 13.6. The van der Waals surface area contributed by atoms with Crippen LogP contribution in [-0.2, 0) is 6.54 Å². The first-order valence-electron chi connectivity index (χ1n) is 8.19. The van der Waals surface area contributed by atoms with Crippen molar-refractivity contribution in [2.24, 2.45) is 0 Å². The summed E-state index contributed by atoms with van der Waals surface area (Å²) < 4.78 is 21.1. The molecule has 0 fully saturated rings. The van der Waals surface area contributed by atoms with E-state index in [0.717, 1.165) is 22.9 Å². The lowest BCUT2D eigenvalue weighted by Crippen LogP contribution is -2.08. The summed E-state index contributed by atoms with van der Waals surface area (Å²) in [5, 5.41) is 0.960. The largest absolute Gasteiger partial charge is 0.489 e. The second-order valence-electron chi connectivity index (χ2n) is 5.71. The Morgan fingerprint density at radius 1 is 1.12 bits per heavy atom. The van der Waals surface area contributed by atoms with Crippen molar-refractivity contribution in [3.63, 3.8) is 0 Å². The van der Waals surface area contributed by atoms with Gasteiger partial charge in [0.2, 0.25) is 0 Å². The molecule has 0 saturated heterocycles. The number of benzene rings is 2. The van der Waals surface area contributed by atoms with Crippen LogP contribution in [0.25, 0.3) is 10.9 Å². The number of para-hydroxylation sites is 2. The van der Waals surface area contributed by atoms with Crippen LogP contribution in [0.5, 0.6) is 5.75 Å². The van der Waals surface area contributed by atoms with Crippen LogP contribution in [0.3, 0.4) is 0 Å². The molecule has 0 aliphatic carbocycles.